The number of para-hydroxylation sites is 1. The Morgan fingerprint density at radius 1 is 1.33 bits per heavy atom. The number of benzene rings is 1. The number of carbonyl (C=O) groups excluding carboxylic acids is 1. The maximum absolute atomic E-state index is 12.6. The molecule has 1 aromatic rings. The summed E-state index contributed by atoms with van der Waals surface area (Å²) in [7, 11) is 0. The Balaban J connectivity index is 1.92. The third-order valence-electron chi connectivity index (χ3n) is 4.12. The first-order valence-electron chi connectivity index (χ1n) is 6.92. The van der Waals surface area contributed by atoms with E-state index in [-0.39, 0.29) is 11.9 Å². The van der Waals surface area contributed by atoms with Gasteiger partial charge in [0.25, 0.3) is 0 Å². The van der Waals surface area contributed by atoms with Crippen molar-refractivity contribution in [1.82, 2.24) is 5.32 Å². The second-order valence-electron chi connectivity index (χ2n) is 5.37. The first-order chi connectivity index (χ1) is 8.77. The molecule has 2 aliphatic rings. The molecular weight excluding hydrogens is 224 g/mol. The van der Waals surface area contributed by atoms with Crippen LogP contribution in [0.2, 0.25) is 0 Å². The molecular formula is C15H20N2O. The number of fused-ring (bicyclic) bond motifs is 1. The maximum atomic E-state index is 12.6. The van der Waals surface area contributed by atoms with Crippen molar-refractivity contribution in [1.29, 1.82) is 0 Å². The average Bonchev–Trinajstić information content (AvgIpc) is 2.92. The molecule has 96 valence electrons. The van der Waals surface area contributed by atoms with E-state index in [1.807, 2.05) is 11.0 Å². The zero-order valence-corrected chi connectivity index (χ0v) is 10.9. The van der Waals surface area contributed by atoms with Crippen LogP contribution in [0.15, 0.2) is 24.3 Å². The van der Waals surface area contributed by atoms with Gasteiger partial charge in [0.1, 0.15) is 0 Å². The Bertz CT molecular complexity index is 452. The van der Waals surface area contributed by atoms with E-state index >= 15 is 0 Å². The predicted octanol–water partition coefficient (Wildman–Crippen LogP) is 2.11. The van der Waals surface area contributed by atoms with Crippen LogP contribution < -0.4 is 10.2 Å². The maximum Gasteiger partial charge on any atom is 0.244 e. The van der Waals surface area contributed by atoms with Crippen molar-refractivity contribution in [3.05, 3.63) is 29.8 Å². The molecule has 18 heavy (non-hydrogen) atoms. The molecule has 0 radical (unpaired) electrons. The van der Waals surface area contributed by atoms with Crippen LogP contribution >= 0.6 is 0 Å². The number of rotatable bonds is 1. The first kappa shape index (κ1) is 11.7. The second-order valence-corrected chi connectivity index (χ2v) is 5.37. The van der Waals surface area contributed by atoms with Crippen molar-refractivity contribution < 1.29 is 4.79 Å². The minimum atomic E-state index is 0.0265. The smallest absolute Gasteiger partial charge is 0.244 e. The van der Waals surface area contributed by atoms with E-state index in [0.29, 0.717) is 6.04 Å². The van der Waals surface area contributed by atoms with Gasteiger partial charge in [0.15, 0.2) is 0 Å². The lowest BCUT2D eigenvalue weighted by Gasteiger charge is -2.36. The third-order valence-corrected chi connectivity index (χ3v) is 4.12. The molecule has 0 saturated carbocycles. The zero-order valence-electron chi connectivity index (χ0n) is 10.9. The van der Waals surface area contributed by atoms with Gasteiger partial charge in [-0.15, -0.1) is 0 Å². The molecule has 0 spiro atoms. The summed E-state index contributed by atoms with van der Waals surface area (Å²) < 4.78 is 0. The van der Waals surface area contributed by atoms with E-state index in [4.69, 9.17) is 0 Å². The van der Waals surface area contributed by atoms with Crippen molar-refractivity contribution in [2.45, 2.75) is 44.7 Å². The van der Waals surface area contributed by atoms with Crippen LogP contribution in [0.1, 0.15) is 31.7 Å². The summed E-state index contributed by atoms with van der Waals surface area (Å²) in [5, 5.41) is 3.31. The van der Waals surface area contributed by atoms with Crippen molar-refractivity contribution in [2.75, 3.05) is 11.4 Å². The van der Waals surface area contributed by atoms with Gasteiger partial charge in [0.05, 0.1) is 6.04 Å². The zero-order chi connectivity index (χ0) is 12.5. The van der Waals surface area contributed by atoms with Crippen molar-refractivity contribution >= 4 is 11.6 Å². The van der Waals surface area contributed by atoms with Gasteiger partial charge in [-0.1, -0.05) is 18.2 Å². The summed E-state index contributed by atoms with van der Waals surface area (Å²) in [4.78, 5) is 14.7. The number of hydrogen-bond donors (Lipinski definition) is 1. The molecule has 0 bridgehead atoms. The molecule has 2 heterocycles. The molecule has 3 rings (SSSR count). The molecule has 3 heteroatoms. The summed E-state index contributed by atoms with van der Waals surface area (Å²) in [5.74, 6) is 0.257. The van der Waals surface area contributed by atoms with Crippen molar-refractivity contribution in [2.24, 2.45) is 0 Å². The van der Waals surface area contributed by atoms with Crippen LogP contribution in [0.3, 0.4) is 0 Å². The highest BCUT2D eigenvalue weighted by Gasteiger charge is 2.33. The highest BCUT2D eigenvalue weighted by molar-refractivity contribution is 5.98. The quantitative estimate of drug-likeness (QED) is 0.820. The Morgan fingerprint density at radius 3 is 2.94 bits per heavy atom. The van der Waals surface area contributed by atoms with Crippen molar-refractivity contribution in [3.63, 3.8) is 0 Å². The van der Waals surface area contributed by atoms with Gasteiger partial charge in [-0.25, -0.2) is 0 Å². The van der Waals surface area contributed by atoms with E-state index < -0.39 is 0 Å². The third kappa shape index (κ3) is 1.93. The highest BCUT2D eigenvalue weighted by atomic mass is 16.2. The van der Waals surface area contributed by atoms with Gasteiger partial charge >= 0.3 is 0 Å². The van der Waals surface area contributed by atoms with Gasteiger partial charge in [-0.3, -0.25) is 4.79 Å². The molecule has 0 aromatic heterocycles. The Kier molecular flexibility index (Phi) is 3.08. The van der Waals surface area contributed by atoms with Crippen molar-refractivity contribution in [3.8, 4) is 0 Å². The lowest BCUT2D eigenvalue weighted by molar-refractivity contribution is -0.120. The average molecular weight is 244 g/mol. The molecule has 3 nitrogen and oxygen atoms in total. The van der Waals surface area contributed by atoms with Gasteiger partial charge in [-0.2, -0.15) is 0 Å². The number of nitrogens with zero attached hydrogens (tertiary/aromatic N) is 1. The Labute approximate surface area is 108 Å². The normalized spacial score (nSPS) is 27.1. The molecule has 0 aliphatic carbocycles. The lowest BCUT2D eigenvalue weighted by atomic mass is 9.95. The van der Waals surface area contributed by atoms with E-state index in [9.17, 15) is 4.79 Å². The van der Waals surface area contributed by atoms with E-state index in [1.165, 1.54) is 5.56 Å². The van der Waals surface area contributed by atoms with E-state index in [0.717, 1.165) is 37.9 Å². The van der Waals surface area contributed by atoms with Gasteiger partial charge < -0.3 is 10.2 Å². The molecule has 1 amide bonds. The SMILES string of the molecule is CC1CCc2ccccc2N1C(=O)[C@H]1CCCN1. The number of aryl methyl sites for hydroxylation is 1. The summed E-state index contributed by atoms with van der Waals surface area (Å²) in [6.07, 6.45) is 4.24. The number of carbonyl (C=O) groups is 1. The van der Waals surface area contributed by atoms with E-state index in [1.54, 1.807) is 0 Å². The van der Waals surface area contributed by atoms with Crippen LogP contribution in [0, 0.1) is 0 Å². The van der Waals surface area contributed by atoms with E-state index in [2.05, 4.69) is 30.4 Å². The predicted molar refractivity (Wildman–Crippen MR) is 72.7 cm³/mol. The molecule has 1 fully saturated rings. The summed E-state index contributed by atoms with van der Waals surface area (Å²) in [5.41, 5.74) is 2.43. The fourth-order valence-electron chi connectivity index (χ4n) is 3.09. The minimum absolute atomic E-state index is 0.0265. The Hall–Kier alpha value is -1.35. The molecule has 1 saturated heterocycles. The summed E-state index contributed by atoms with van der Waals surface area (Å²) in [6.45, 7) is 3.13. The summed E-state index contributed by atoms with van der Waals surface area (Å²) >= 11 is 0. The summed E-state index contributed by atoms with van der Waals surface area (Å²) in [6, 6.07) is 8.65. The van der Waals surface area contributed by atoms with Gasteiger partial charge in [0.2, 0.25) is 5.91 Å². The van der Waals surface area contributed by atoms with Crippen LogP contribution in [0.4, 0.5) is 5.69 Å². The van der Waals surface area contributed by atoms with Crippen LogP contribution in [-0.2, 0) is 11.2 Å². The van der Waals surface area contributed by atoms with Gasteiger partial charge in [0, 0.05) is 11.7 Å². The number of hydrogen-bond acceptors (Lipinski definition) is 2. The number of anilines is 1. The lowest BCUT2D eigenvalue weighted by Crippen LogP contribution is -2.49. The fraction of sp³-hybridized carbons (Fsp3) is 0.533. The van der Waals surface area contributed by atoms with Gasteiger partial charge in [-0.05, 0) is 50.8 Å². The molecule has 2 aliphatic heterocycles. The molecule has 1 unspecified atom stereocenters. The number of nitrogens with one attached hydrogen (secondary N) is 1. The Morgan fingerprint density at radius 2 is 2.17 bits per heavy atom. The van der Waals surface area contributed by atoms with Crippen LogP contribution in [0.25, 0.3) is 0 Å². The molecule has 2 atom stereocenters. The topological polar surface area (TPSA) is 32.3 Å². The fourth-order valence-corrected chi connectivity index (χ4v) is 3.09. The van der Waals surface area contributed by atoms with Crippen LogP contribution in [0.5, 0.6) is 0 Å². The highest BCUT2D eigenvalue weighted by Crippen LogP contribution is 2.31. The monoisotopic (exact) mass is 244 g/mol. The molecule has 1 aromatic carbocycles. The largest absolute Gasteiger partial charge is 0.308 e. The number of amides is 1. The second kappa shape index (κ2) is 4.73. The molecule has 1 N–H and O–H groups in total. The first-order valence-corrected chi connectivity index (χ1v) is 6.92. The minimum Gasteiger partial charge on any atom is -0.308 e. The standard InChI is InChI=1S/C15H20N2O/c1-11-8-9-12-5-2-3-7-14(12)17(11)15(18)13-6-4-10-16-13/h2-3,5,7,11,13,16H,4,6,8-10H2,1H3/t11?,13-/m1/s1. The van der Waals surface area contributed by atoms with Crippen LogP contribution in [-0.4, -0.2) is 24.5 Å².